The molecule has 6 nitrogen and oxygen atoms in total. The summed E-state index contributed by atoms with van der Waals surface area (Å²) in [5.41, 5.74) is 2.92. The molecule has 106 valence electrons. The van der Waals surface area contributed by atoms with Crippen molar-refractivity contribution in [3.05, 3.63) is 24.2 Å². The van der Waals surface area contributed by atoms with Crippen molar-refractivity contribution >= 4 is 11.1 Å². The van der Waals surface area contributed by atoms with E-state index >= 15 is 0 Å². The first-order valence-electron chi connectivity index (χ1n) is 6.49. The molecule has 20 heavy (non-hydrogen) atoms. The Morgan fingerprint density at radius 1 is 1.50 bits per heavy atom. The zero-order valence-electron chi connectivity index (χ0n) is 11.4. The Balaban J connectivity index is 1.93. The van der Waals surface area contributed by atoms with Gasteiger partial charge >= 0.3 is 6.01 Å². The van der Waals surface area contributed by atoms with Crippen LogP contribution in [0.4, 0.5) is 0 Å². The minimum atomic E-state index is -1.43. The van der Waals surface area contributed by atoms with Gasteiger partial charge in [0, 0.05) is 30.8 Å². The highest BCUT2D eigenvalue weighted by molar-refractivity contribution is 7.79. The highest BCUT2D eigenvalue weighted by Gasteiger charge is 2.25. The molecule has 1 aliphatic carbocycles. The molecule has 7 heteroatoms. The maximum absolute atomic E-state index is 11.1. The van der Waals surface area contributed by atoms with Gasteiger partial charge in [0.15, 0.2) is 0 Å². The summed E-state index contributed by atoms with van der Waals surface area (Å²) in [6.07, 6.45) is 8.46. The Kier molecular flexibility index (Phi) is 3.52. The van der Waals surface area contributed by atoms with E-state index in [-0.39, 0.29) is 6.01 Å². The zero-order chi connectivity index (χ0) is 14.1. The van der Waals surface area contributed by atoms with Gasteiger partial charge < -0.3 is 4.18 Å². The summed E-state index contributed by atoms with van der Waals surface area (Å²) in [6, 6.07) is 1.95. The molecule has 1 saturated carbocycles. The van der Waals surface area contributed by atoms with Gasteiger partial charge in [-0.25, -0.2) is 9.19 Å². The molecule has 1 aliphatic rings. The van der Waals surface area contributed by atoms with Gasteiger partial charge in [0.05, 0.1) is 11.9 Å². The summed E-state index contributed by atoms with van der Waals surface area (Å²) in [7, 11) is 1.95. The lowest BCUT2D eigenvalue weighted by Gasteiger charge is -2.06. The van der Waals surface area contributed by atoms with Gasteiger partial charge in [-0.2, -0.15) is 10.1 Å². The zero-order valence-corrected chi connectivity index (χ0v) is 12.3. The fourth-order valence-corrected chi connectivity index (χ4v) is 2.44. The highest BCUT2D eigenvalue weighted by Crippen LogP contribution is 2.35. The average Bonchev–Trinajstić information content (AvgIpc) is 3.14. The van der Waals surface area contributed by atoms with E-state index in [9.17, 15) is 4.21 Å². The quantitative estimate of drug-likeness (QED) is 0.835. The van der Waals surface area contributed by atoms with Crippen LogP contribution in [0.1, 0.15) is 18.5 Å². The Labute approximate surface area is 119 Å². The summed E-state index contributed by atoms with van der Waals surface area (Å²) in [5, 5.41) is 4.32. The second-order valence-electron chi connectivity index (χ2n) is 4.99. The van der Waals surface area contributed by atoms with E-state index in [1.165, 1.54) is 24.8 Å². The standard InChI is InChI=1S/C13H16N4O2S/c1-17-12(7-9-3-4-9)10(8-15-17)11-5-6-14-13(16-11)19-20(2)18/h5-6,8-9H,3-4,7H2,1-2H3. The lowest BCUT2D eigenvalue weighted by molar-refractivity contribution is 0.532. The molecule has 2 aromatic rings. The van der Waals surface area contributed by atoms with Crippen LogP contribution < -0.4 is 4.18 Å². The fourth-order valence-electron chi connectivity index (χ4n) is 2.15. The minimum absolute atomic E-state index is 0.129. The fraction of sp³-hybridized carbons (Fsp3) is 0.462. The van der Waals surface area contributed by atoms with Gasteiger partial charge in [0.25, 0.3) is 0 Å². The van der Waals surface area contributed by atoms with Gasteiger partial charge in [0.1, 0.15) is 0 Å². The Morgan fingerprint density at radius 2 is 2.30 bits per heavy atom. The third-order valence-corrected chi connectivity index (χ3v) is 3.73. The predicted octanol–water partition coefficient (Wildman–Crippen LogP) is 1.50. The SMILES string of the molecule is Cn1ncc(-c2ccnc(OS(C)=O)n2)c1CC1CC1. The maximum Gasteiger partial charge on any atom is 0.331 e. The van der Waals surface area contributed by atoms with Crippen molar-refractivity contribution in [3.63, 3.8) is 0 Å². The molecule has 2 aromatic heterocycles. The van der Waals surface area contributed by atoms with E-state index in [1.54, 1.807) is 6.20 Å². The van der Waals surface area contributed by atoms with Crippen LogP contribution in [0.15, 0.2) is 18.5 Å². The third-order valence-electron chi connectivity index (χ3n) is 3.34. The van der Waals surface area contributed by atoms with Gasteiger partial charge in [0.2, 0.25) is 11.1 Å². The number of aryl methyl sites for hydroxylation is 1. The van der Waals surface area contributed by atoms with Gasteiger partial charge in [-0.3, -0.25) is 4.68 Å². The Hall–Kier alpha value is -1.76. The van der Waals surface area contributed by atoms with E-state index in [2.05, 4.69) is 15.1 Å². The number of hydrogen-bond donors (Lipinski definition) is 0. The van der Waals surface area contributed by atoms with Crippen molar-refractivity contribution < 1.29 is 8.39 Å². The molecular formula is C13H16N4O2S. The van der Waals surface area contributed by atoms with Crippen molar-refractivity contribution in [1.82, 2.24) is 19.7 Å². The van der Waals surface area contributed by atoms with Crippen molar-refractivity contribution in [2.45, 2.75) is 19.3 Å². The molecule has 0 spiro atoms. The summed E-state index contributed by atoms with van der Waals surface area (Å²) in [5.74, 6) is 0.768. The molecule has 2 heterocycles. The van der Waals surface area contributed by atoms with E-state index in [4.69, 9.17) is 4.18 Å². The van der Waals surface area contributed by atoms with Crippen LogP contribution >= 0.6 is 0 Å². The summed E-state index contributed by atoms with van der Waals surface area (Å²) in [4.78, 5) is 8.27. The van der Waals surface area contributed by atoms with Crippen LogP contribution in [0.5, 0.6) is 6.01 Å². The summed E-state index contributed by atoms with van der Waals surface area (Å²) in [6.45, 7) is 0. The molecule has 1 unspecified atom stereocenters. The Bertz CT molecular complexity index is 652. The molecule has 0 N–H and O–H groups in total. The monoisotopic (exact) mass is 292 g/mol. The van der Waals surface area contributed by atoms with Gasteiger partial charge in [-0.05, 0) is 31.2 Å². The van der Waals surface area contributed by atoms with E-state index in [0.29, 0.717) is 0 Å². The number of nitrogens with zero attached hydrogens (tertiary/aromatic N) is 4. The molecular weight excluding hydrogens is 276 g/mol. The lowest BCUT2D eigenvalue weighted by atomic mass is 10.1. The number of rotatable bonds is 5. The van der Waals surface area contributed by atoms with Crippen LogP contribution in [0.25, 0.3) is 11.3 Å². The van der Waals surface area contributed by atoms with E-state index < -0.39 is 11.1 Å². The number of aromatic nitrogens is 4. The van der Waals surface area contributed by atoms with Gasteiger partial charge in [-0.1, -0.05) is 0 Å². The topological polar surface area (TPSA) is 69.9 Å². The number of hydrogen-bond acceptors (Lipinski definition) is 5. The predicted molar refractivity (Wildman–Crippen MR) is 75.4 cm³/mol. The molecule has 0 aliphatic heterocycles. The molecule has 1 fully saturated rings. The lowest BCUT2D eigenvalue weighted by Crippen LogP contribution is -2.03. The second-order valence-corrected chi connectivity index (χ2v) is 5.95. The van der Waals surface area contributed by atoms with Gasteiger partial charge in [-0.15, -0.1) is 0 Å². The molecule has 3 rings (SSSR count). The molecule has 0 saturated heterocycles. The largest absolute Gasteiger partial charge is 0.362 e. The van der Waals surface area contributed by atoms with Crippen molar-refractivity contribution in [2.75, 3.05) is 6.26 Å². The van der Waals surface area contributed by atoms with Crippen LogP contribution in [-0.2, 0) is 24.5 Å². The summed E-state index contributed by atoms with van der Waals surface area (Å²) >= 11 is -1.43. The molecule has 0 amide bonds. The van der Waals surface area contributed by atoms with E-state index in [1.807, 2.05) is 24.0 Å². The first-order chi connectivity index (χ1) is 9.63. The normalized spacial score (nSPS) is 16.1. The molecule has 0 radical (unpaired) electrons. The first kappa shape index (κ1) is 13.2. The highest BCUT2D eigenvalue weighted by atomic mass is 32.2. The first-order valence-corrected chi connectivity index (χ1v) is 7.98. The van der Waals surface area contributed by atoms with Crippen molar-refractivity contribution in [3.8, 4) is 17.3 Å². The van der Waals surface area contributed by atoms with Crippen LogP contribution in [-0.4, -0.2) is 30.2 Å². The average molecular weight is 292 g/mol. The van der Waals surface area contributed by atoms with E-state index in [0.717, 1.165) is 23.6 Å². The second kappa shape index (κ2) is 5.32. The van der Waals surface area contributed by atoms with Crippen LogP contribution in [0.2, 0.25) is 0 Å². The summed E-state index contributed by atoms with van der Waals surface area (Å²) < 4.78 is 18.0. The van der Waals surface area contributed by atoms with Crippen molar-refractivity contribution in [1.29, 1.82) is 0 Å². The molecule has 1 atom stereocenters. The van der Waals surface area contributed by atoms with Crippen molar-refractivity contribution in [2.24, 2.45) is 13.0 Å². The van der Waals surface area contributed by atoms with Crippen LogP contribution in [0.3, 0.4) is 0 Å². The van der Waals surface area contributed by atoms with Crippen LogP contribution in [0, 0.1) is 5.92 Å². The molecule has 0 bridgehead atoms. The maximum atomic E-state index is 11.1. The minimum Gasteiger partial charge on any atom is -0.362 e. The smallest absolute Gasteiger partial charge is 0.331 e. The molecule has 0 aromatic carbocycles. The third kappa shape index (κ3) is 2.87. The Morgan fingerprint density at radius 3 is 3.00 bits per heavy atom.